The molecule has 196 valence electrons. The smallest absolute Gasteiger partial charge is 0.160 e. The Morgan fingerprint density at radius 2 is 1.15 bits per heavy atom. The molecule has 41 heavy (non-hydrogen) atoms. The van der Waals surface area contributed by atoms with E-state index in [4.69, 9.17) is 15.0 Å². The summed E-state index contributed by atoms with van der Waals surface area (Å²) in [6.07, 6.45) is 3.95. The van der Waals surface area contributed by atoms with Gasteiger partial charge >= 0.3 is 0 Å². The Morgan fingerprint density at radius 1 is 0.512 bits per heavy atom. The number of H-pyrrole nitrogens is 1. The van der Waals surface area contributed by atoms with E-state index >= 15 is 0 Å². The molecule has 1 aliphatic heterocycles. The number of nitrogens with one attached hydrogen (secondary N) is 1. The van der Waals surface area contributed by atoms with Gasteiger partial charge in [-0.15, -0.1) is 0 Å². The number of aliphatic imine (C=N–C) groups is 2. The van der Waals surface area contributed by atoms with Crippen molar-refractivity contribution in [2.24, 2.45) is 9.98 Å². The van der Waals surface area contributed by atoms with Crippen LogP contribution in [0.5, 0.6) is 0 Å². The first kappa shape index (κ1) is 24.7. The van der Waals surface area contributed by atoms with Crippen molar-refractivity contribution in [2.45, 2.75) is 12.8 Å². The van der Waals surface area contributed by atoms with Crippen LogP contribution in [-0.2, 0) is 0 Å². The summed E-state index contributed by atoms with van der Waals surface area (Å²) in [4.78, 5) is 18.6. The molecule has 0 bridgehead atoms. The second-order valence-corrected chi connectivity index (χ2v) is 10.1. The van der Waals surface area contributed by atoms with E-state index in [0.717, 1.165) is 80.3 Å². The summed E-state index contributed by atoms with van der Waals surface area (Å²) < 4.78 is 0. The molecule has 4 heteroatoms. The molecule has 0 spiro atoms. The third kappa shape index (κ3) is 5.28. The van der Waals surface area contributed by atoms with Gasteiger partial charge in [0.1, 0.15) is 5.82 Å². The number of hydrogen-bond donors (Lipinski definition) is 1. The lowest BCUT2D eigenvalue weighted by molar-refractivity contribution is 1.08. The predicted octanol–water partition coefficient (Wildman–Crippen LogP) is 8.97. The van der Waals surface area contributed by atoms with Gasteiger partial charge in [-0.1, -0.05) is 121 Å². The monoisotopic (exact) mass is 528 g/mol. The summed E-state index contributed by atoms with van der Waals surface area (Å²) in [5.74, 6) is 1.61. The van der Waals surface area contributed by atoms with Gasteiger partial charge in [-0.25, -0.2) is 15.0 Å². The first-order valence-corrected chi connectivity index (χ1v) is 13.9. The molecule has 1 aromatic heterocycles. The Hall–Kier alpha value is -5.35. The fraction of sp³-hybridized carbons (Fsp3) is 0.0541. The lowest BCUT2D eigenvalue weighted by atomic mass is 9.99. The number of aromatic nitrogens is 2. The Bertz CT molecular complexity index is 1910. The minimum absolute atomic E-state index is 0.729. The van der Waals surface area contributed by atoms with Crippen molar-refractivity contribution in [1.82, 2.24) is 9.97 Å². The van der Waals surface area contributed by atoms with Crippen molar-refractivity contribution < 1.29 is 0 Å². The van der Waals surface area contributed by atoms with Crippen molar-refractivity contribution >= 4 is 28.3 Å². The van der Waals surface area contributed by atoms with Gasteiger partial charge in [-0.05, 0) is 47.7 Å². The molecule has 0 radical (unpaired) electrons. The van der Waals surface area contributed by atoms with E-state index < -0.39 is 0 Å². The standard InChI is InChI=1S/C37H28N4/c1-4-12-26(13-5-1)32-20-11-21-33(39-36(38-32)27-14-6-2-7-15-27)31-19-10-18-29(24-31)30-22-23-34-35(25-30)41-37(40-34)28-16-8-3-9-17-28/h1-10,12-19,21-25H,11,20H2,(H,40,41). The van der Waals surface area contributed by atoms with Crippen LogP contribution < -0.4 is 0 Å². The van der Waals surface area contributed by atoms with Gasteiger partial charge in [0, 0.05) is 16.7 Å². The van der Waals surface area contributed by atoms with Gasteiger partial charge in [-0.3, -0.25) is 0 Å². The number of imidazole rings is 1. The number of allylic oxidation sites excluding steroid dienone is 1. The number of benzene rings is 5. The van der Waals surface area contributed by atoms with Gasteiger partial charge in [0.2, 0.25) is 0 Å². The van der Waals surface area contributed by atoms with Crippen LogP contribution in [0.25, 0.3) is 39.2 Å². The average Bonchev–Trinajstić information content (AvgIpc) is 3.46. The summed E-state index contributed by atoms with van der Waals surface area (Å²) in [6, 6.07) is 45.9. The minimum Gasteiger partial charge on any atom is -0.338 e. The van der Waals surface area contributed by atoms with E-state index in [1.165, 1.54) is 0 Å². The molecule has 1 N–H and O–H groups in total. The summed E-state index contributed by atoms with van der Waals surface area (Å²) in [7, 11) is 0. The molecular weight excluding hydrogens is 500 g/mol. The summed E-state index contributed by atoms with van der Waals surface area (Å²) in [6.45, 7) is 0. The highest BCUT2D eigenvalue weighted by atomic mass is 14.9. The van der Waals surface area contributed by atoms with Crippen LogP contribution in [0.4, 0.5) is 0 Å². The molecule has 4 nitrogen and oxygen atoms in total. The second kappa shape index (κ2) is 11.0. The van der Waals surface area contributed by atoms with Crippen LogP contribution in [0, 0.1) is 0 Å². The number of rotatable bonds is 5. The van der Waals surface area contributed by atoms with Crippen molar-refractivity contribution in [3.05, 3.63) is 156 Å². The zero-order valence-electron chi connectivity index (χ0n) is 22.5. The Kier molecular flexibility index (Phi) is 6.64. The molecule has 0 fully saturated rings. The fourth-order valence-corrected chi connectivity index (χ4v) is 5.23. The van der Waals surface area contributed by atoms with Crippen LogP contribution in [0.1, 0.15) is 29.5 Å². The molecule has 1 aliphatic rings. The molecule has 0 aliphatic carbocycles. The van der Waals surface area contributed by atoms with Gasteiger partial charge in [0.15, 0.2) is 5.84 Å². The lowest BCUT2D eigenvalue weighted by Crippen LogP contribution is -2.09. The van der Waals surface area contributed by atoms with E-state index in [2.05, 4.69) is 102 Å². The van der Waals surface area contributed by atoms with Crippen molar-refractivity contribution in [1.29, 1.82) is 0 Å². The van der Waals surface area contributed by atoms with E-state index in [1.807, 2.05) is 42.5 Å². The Balaban J connectivity index is 1.26. The average molecular weight is 529 g/mol. The summed E-state index contributed by atoms with van der Waals surface area (Å²) in [5, 5.41) is 0. The normalized spacial score (nSPS) is 13.6. The molecule has 6 aromatic rings. The predicted molar refractivity (Wildman–Crippen MR) is 170 cm³/mol. The summed E-state index contributed by atoms with van der Waals surface area (Å²) in [5.41, 5.74) is 10.5. The zero-order chi connectivity index (χ0) is 27.4. The first-order chi connectivity index (χ1) is 20.3. The molecular formula is C37H28N4. The number of amidine groups is 1. The molecule has 0 saturated heterocycles. The van der Waals surface area contributed by atoms with Gasteiger partial charge in [-0.2, -0.15) is 0 Å². The fourth-order valence-electron chi connectivity index (χ4n) is 5.23. The number of fused-ring (bicyclic) bond motifs is 1. The van der Waals surface area contributed by atoms with E-state index in [9.17, 15) is 0 Å². The molecule has 0 saturated carbocycles. The molecule has 2 heterocycles. The zero-order valence-corrected chi connectivity index (χ0v) is 22.5. The maximum Gasteiger partial charge on any atom is 0.160 e. The van der Waals surface area contributed by atoms with E-state index in [1.54, 1.807) is 0 Å². The maximum atomic E-state index is 5.15. The van der Waals surface area contributed by atoms with Crippen molar-refractivity contribution in [3.8, 4) is 22.5 Å². The highest BCUT2D eigenvalue weighted by Crippen LogP contribution is 2.30. The SMILES string of the molecule is C1=C(c2cccc(-c3ccc4[nH]c(-c5ccccc5)nc4c3)c2)N=C(c2ccccc2)N=C(c2ccccc2)CC1. The first-order valence-electron chi connectivity index (χ1n) is 13.9. The Labute approximate surface area is 239 Å². The Morgan fingerprint density at radius 3 is 1.90 bits per heavy atom. The maximum absolute atomic E-state index is 5.15. The van der Waals surface area contributed by atoms with Crippen molar-refractivity contribution in [3.63, 3.8) is 0 Å². The van der Waals surface area contributed by atoms with E-state index in [0.29, 0.717) is 0 Å². The van der Waals surface area contributed by atoms with Crippen LogP contribution in [-0.4, -0.2) is 21.5 Å². The lowest BCUT2D eigenvalue weighted by Gasteiger charge is -2.14. The molecule has 0 atom stereocenters. The molecule has 7 rings (SSSR count). The van der Waals surface area contributed by atoms with Crippen LogP contribution >= 0.6 is 0 Å². The van der Waals surface area contributed by atoms with Gasteiger partial charge in [0.05, 0.1) is 22.4 Å². The molecule has 5 aromatic carbocycles. The second-order valence-electron chi connectivity index (χ2n) is 10.1. The largest absolute Gasteiger partial charge is 0.338 e. The molecule has 0 amide bonds. The summed E-state index contributed by atoms with van der Waals surface area (Å²) >= 11 is 0. The van der Waals surface area contributed by atoms with Crippen LogP contribution in [0.2, 0.25) is 0 Å². The third-order valence-electron chi connectivity index (χ3n) is 7.35. The van der Waals surface area contributed by atoms with E-state index in [-0.39, 0.29) is 0 Å². The number of hydrogen-bond acceptors (Lipinski definition) is 3. The van der Waals surface area contributed by atoms with Gasteiger partial charge in [0.25, 0.3) is 0 Å². The number of aromatic amines is 1. The highest BCUT2D eigenvalue weighted by molar-refractivity contribution is 6.14. The highest BCUT2D eigenvalue weighted by Gasteiger charge is 2.14. The third-order valence-corrected chi connectivity index (χ3v) is 7.35. The quantitative estimate of drug-likeness (QED) is 0.239. The van der Waals surface area contributed by atoms with Crippen LogP contribution in [0.15, 0.2) is 150 Å². The number of nitrogens with zero attached hydrogens (tertiary/aromatic N) is 3. The molecule has 0 unspecified atom stereocenters. The van der Waals surface area contributed by atoms with Crippen molar-refractivity contribution in [2.75, 3.05) is 0 Å². The van der Waals surface area contributed by atoms with Crippen LogP contribution in [0.3, 0.4) is 0 Å². The van der Waals surface area contributed by atoms with Gasteiger partial charge < -0.3 is 4.98 Å². The minimum atomic E-state index is 0.729. The topological polar surface area (TPSA) is 53.4 Å².